The van der Waals surface area contributed by atoms with E-state index in [1.165, 1.54) is 22.9 Å². The predicted molar refractivity (Wildman–Crippen MR) is 84.2 cm³/mol. The van der Waals surface area contributed by atoms with Crippen LogP contribution in [0.4, 0.5) is 4.39 Å². The first-order valence-electron chi connectivity index (χ1n) is 7.26. The first kappa shape index (κ1) is 15.7. The number of aryl methyl sites for hydroxylation is 2. The van der Waals surface area contributed by atoms with Gasteiger partial charge in [-0.25, -0.2) is 9.07 Å². The van der Waals surface area contributed by atoms with E-state index in [9.17, 15) is 14.0 Å². The van der Waals surface area contributed by atoms with Crippen molar-refractivity contribution in [2.45, 2.75) is 25.3 Å². The van der Waals surface area contributed by atoms with Gasteiger partial charge in [-0.1, -0.05) is 11.6 Å². The Balaban J connectivity index is 1.77. The Morgan fingerprint density at radius 3 is 3.00 bits per heavy atom. The molecule has 0 saturated carbocycles. The van der Waals surface area contributed by atoms with Crippen LogP contribution in [0.1, 0.15) is 28.0 Å². The van der Waals surface area contributed by atoms with Gasteiger partial charge in [0, 0.05) is 24.2 Å². The van der Waals surface area contributed by atoms with Crippen LogP contribution in [0.2, 0.25) is 5.02 Å². The Hall–Kier alpha value is -2.21. The summed E-state index contributed by atoms with van der Waals surface area (Å²) in [5, 5.41) is 7.33. The van der Waals surface area contributed by atoms with E-state index in [1.54, 1.807) is 13.1 Å². The summed E-state index contributed by atoms with van der Waals surface area (Å²) in [6, 6.07) is 5.25. The smallest absolute Gasteiger partial charge is 0.266 e. The third kappa shape index (κ3) is 3.27. The standard InChI is InChI=1S/C16H15ClFN3O2/c1-21-15(22)7-9-6-11(3-5-14(9)20-21)19-16(23)12-8-10(17)2-4-13(12)18/h2,4,7-8,11H,3,5-6H2,1H3,(H,19,23)/t11-/m0/s1. The minimum Gasteiger partial charge on any atom is -0.349 e. The number of nitrogens with zero attached hydrogens (tertiary/aromatic N) is 2. The Morgan fingerprint density at radius 1 is 1.43 bits per heavy atom. The summed E-state index contributed by atoms with van der Waals surface area (Å²) in [7, 11) is 1.61. The van der Waals surface area contributed by atoms with Crippen molar-refractivity contribution in [3.05, 3.63) is 62.3 Å². The Kier molecular flexibility index (Phi) is 4.17. The number of fused-ring (bicyclic) bond motifs is 1. The van der Waals surface area contributed by atoms with Crippen molar-refractivity contribution in [1.82, 2.24) is 15.1 Å². The first-order valence-corrected chi connectivity index (χ1v) is 7.64. The molecule has 1 aromatic heterocycles. The number of rotatable bonds is 2. The maximum Gasteiger partial charge on any atom is 0.266 e. The van der Waals surface area contributed by atoms with Gasteiger partial charge in [0.25, 0.3) is 11.5 Å². The van der Waals surface area contributed by atoms with E-state index in [4.69, 9.17) is 11.6 Å². The number of benzene rings is 1. The van der Waals surface area contributed by atoms with E-state index >= 15 is 0 Å². The molecular formula is C16H15ClFN3O2. The summed E-state index contributed by atoms with van der Waals surface area (Å²) in [6.45, 7) is 0. The van der Waals surface area contributed by atoms with Crippen LogP contribution >= 0.6 is 11.6 Å². The van der Waals surface area contributed by atoms with Crippen molar-refractivity contribution < 1.29 is 9.18 Å². The molecule has 2 aromatic rings. The summed E-state index contributed by atoms with van der Waals surface area (Å²) in [5.74, 6) is -1.12. The van der Waals surface area contributed by atoms with Crippen LogP contribution in [0.3, 0.4) is 0 Å². The zero-order valence-corrected chi connectivity index (χ0v) is 13.2. The summed E-state index contributed by atoms with van der Waals surface area (Å²) in [4.78, 5) is 23.9. The molecule has 0 bridgehead atoms. The summed E-state index contributed by atoms with van der Waals surface area (Å²) >= 11 is 5.81. The van der Waals surface area contributed by atoms with Crippen molar-refractivity contribution in [3.8, 4) is 0 Å². The molecule has 1 atom stereocenters. The zero-order chi connectivity index (χ0) is 16.6. The molecule has 1 aliphatic rings. The van der Waals surface area contributed by atoms with Gasteiger partial charge in [0.05, 0.1) is 11.3 Å². The number of amides is 1. The number of hydrogen-bond acceptors (Lipinski definition) is 3. The van der Waals surface area contributed by atoms with Crippen LogP contribution in [0.5, 0.6) is 0 Å². The van der Waals surface area contributed by atoms with Gasteiger partial charge in [0.1, 0.15) is 5.82 Å². The average Bonchev–Trinajstić information content (AvgIpc) is 2.51. The van der Waals surface area contributed by atoms with Gasteiger partial charge in [-0.15, -0.1) is 0 Å². The lowest BCUT2D eigenvalue weighted by Crippen LogP contribution is -2.40. The van der Waals surface area contributed by atoms with Crippen molar-refractivity contribution in [1.29, 1.82) is 0 Å². The number of carbonyl (C=O) groups excluding carboxylic acids is 1. The minimum absolute atomic E-state index is 0.0783. The van der Waals surface area contributed by atoms with Gasteiger partial charge in [0.15, 0.2) is 0 Å². The highest BCUT2D eigenvalue weighted by atomic mass is 35.5. The summed E-state index contributed by atoms with van der Waals surface area (Å²) in [6.07, 6.45) is 1.85. The van der Waals surface area contributed by atoms with Crippen molar-refractivity contribution in [2.24, 2.45) is 7.05 Å². The van der Waals surface area contributed by atoms with Gasteiger partial charge in [0.2, 0.25) is 0 Å². The van der Waals surface area contributed by atoms with E-state index in [1.807, 2.05) is 0 Å². The van der Waals surface area contributed by atoms with Crippen molar-refractivity contribution in [3.63, 3.8) is 0 Å². The molecule has 5 nitrogen and oxygen atoms in total. The van der Waals surface area contributed by atoms with Crippen LogP contribution in [0, 0.1) is 5.82 Å². The zero-order valence-electron chi connectivity index (χ0n) is 12.5. The normalized spacial score (nSPS) is 16.7. The lowest BCUT2D eigenvalue weighted by Gasteiger charge is -2.25. The number of halogens is 2. The molecule has 0 unspecified atom stereocenters. The van der Waals surface area contributed by atoms with Gasteiger partial charge < -0.3 is 5.32 Å². The molecule has 1 N–H and O–H groups in total. The molecule has 0 saturated heterocycles. The van der Waals surface area contributed by atoms with Crippen molar-refractivity contribution in [2.75, 3.05) is 0 Å². The summed E-state index contributed by atoms with van der Waals surface area (Å²) < 4.78 is 15.0. The van der Waals surface area contributed by atoms with Crippen LogP contribution < -0.4 is 10.9 Å². The van der Waals surface area contributed by atoms with Crippen LogP contribution in [-0.2, 0) is 19.9 Å². The molecule has 0 aliphatic heterocycles. The lowest BCUT2D eigenvalue weighted by atomic mass is 9.92. The molecule has 1 aromatic carbocycles. The molecule has 3 rings (SSSR count). The second-order valence-corrected chi connectivity index (χ2v) is 6.05. The van der Waals surface area contributed by atoms with Gasteiger partial charge in [-0.3, -0.25) is 9.59 Å². The van der Waals surface area contributed by atoms with Gasteiger partial charge in [-0.2, -0.15) is 5.10 Å². The molecule has 120 valence electrons. The van der Waals surface area contributed by atoms with Gasteiger partial charge in [-0.05, 0) is 43.0 Å². The fraction of sp³-hybridized carbons (Fsp3) is 0.312. The second kappa shape index (κ2) is 6.12. The maximum absolute atomic E-state index is 13.7. The third-order valence-corrected chi connectivity index (χ3v) is 4.20. The van der Waals surface area contributed by atoms with E-state index in [2.05, 4.69) is 10.4 Å². The predicted octanol–water partition coefficient (Wildman–Crippen LogP) is 1.86. The molecular weight excluding hydrogens is 321 g/mol. The fourth-order valence-electron chi connectivity index (χ4n) is 2.74. The highest BCUT2D eigenvalue weighted by Gasteiger charge is 2.23. The Bertz CT molecular complexity index is 835. The highest BCUT2D eigenvalue weighted by Crippen LogP contribution is 2.19. The molecule has 0 spiro atoms. The van der Waals surface area contributed by atoms with E-state index < -0.39 is 11.7 Å². The van der Waals surface area contributed by atoms with E-state index in [0.29, 0.717) is 24.3 Å². The SMILES string of the molecule is Cn1nc2c(cc1=O)C[C@@H](NC(=O)c1cc(Cl)ccc1F)CC2. The lowest BCUT2D eigenvalue weighted by molar-refractivity contribution is 0.0929. The maximum atomic E-state index is 13.7. The number of carbonyl (C=O) groups is 1. The number of nitrogens with one attached hydrogen (secondary N) is 1. The molecule has 23 heavy (non-hydrogen) atoms. The molecule has 7 heteroatoms. The fourth-order valence-corrected chi connectivity index (χ4v) is 2.92. The quantitative estimate of drug-likeness (QED) is 0.911. The van der Waals surface area contributed by atoms with Crippen LogP contribution in [0.15, 0.2) is 29.1 Å². The average molecular weight is 336 g/mol. The highest BCUT2D eigenvalue weighted by molar-refractivity contribution is 6.31. The number of hydrogen-bond donors (Lipinski definition) is 1. The van der Waals surface area contributed by atoms with Gasteiger partial charge >= 0.3 is 0 Å². The molecule has 1 amide bonds. The molecule has 0 radical (unpaired) electrons. The third-order valence-electron chi connectivity index (χ3n) is 3.96. The first-order chi connectivity index (χ1) is 10.9. The van der Waals surface area contributed by atoms with Crippen LogP contribution in [0.25, 0.3) is 0 Å². The minimum atomic E-state index is -0.612. The van der Waals surface area contributed by atoms with E-state index in [-0.39, 0.29) is 17.2 Å². The Morgan fingerprint density at radius 2 is 2.22 bits per heavy atom. The molecule has 1 aliphatic carbocycles. The summed E-state index contributed by atoms with van der Waals surface area (Å²) in [5.41, 5.74) is 1.43. The largest absolute Gasteiger partial charge is 0.349 e. The Labute approximate surface area is 137 Å². The number of aromatic nitrogens is 2. The van der Waals surface area contributed by atoms with Crippen molar-refractivity contribution >= 4 is 17.5 Å². The monoisotopic (exact) mass is 335 g/mol. The topological polar surface area (TPSA) is 64.0 Å². The molecule has 1 heterocycles. The van der Waals surface area contributed by atoms with E-state index in [0.717, 1.165) is 11.3 Å². The van der Waals surface area contributed by atoms with Crippen LogP contribution in [-0.4, -0.2) is 21.7 Å². The second-order valence-electron chi connectivity index (χ2n) is 5.62. The molecule has 0 fully saturated rings.